The van der Waals surface area contributed by atoms with Crippen LogP contribution in [0.4, 0.5) is 17.1 Å². The average Bonchev–Trinajstić information content (AvgIpc) is 3.89. The van der Waals surface area contributed by atoms with Crippen LogP contribution in [0.15, 0.2) is 182 Å². The van der Waals surface area contributed by atoms with Crippen LogP contribution in [0.5, 0.6) is 0 Å². The summed E-state index contributed by atoms with van der Waals surface area (Å²) >= 11 is 3.75. The molecule has 2 nitrogen and oxygen atoms in total. The number of fused-ring (bicyclic) bond motifs is 12. The summed E-state index contributed by atoms with van der Waals surface area (Å²) in [5, 5.41) is 12.7. The second kappa shape index (κ2) is 11.5. The van der Waals surface area contributed by atoms with Gasteiger partial charge in [-0.25, -0.2) is 0 Å². The fraction of sp³-hybridized carbons (Fsp3) is 0. The van der Waals surface area contributed by atoms with Crippen LogP contribution in [-0.2, 0) is 0 Å². The van der Waals surface area contributed by atoms with E-state index in [0.717, 1.165) is 17.1 Å². The van der Waals surface area contributed by atoms with Crippen molar-refractivity contribution in [3.05, 3.63) is 182 Å². The van der Waals surface area contributed by atoms with Crippen LogP contribution in [0.3, 0.4) is 0 Å². The van der Waals surface area contributed by atoms with Crippen molar-refractivity contribution in [3.63, 3.8) is 0 Å². The predicted octanol–water partition coefficient (Wildman–Crippen LogP) is 15.3. The van der Waals surface area contributed by atoms with Crippen LogP contribution in [0.2, 0.25) is 0 Å². The summed E-state index contributed by atoms with van der Waals surface area (Å²) in [6, 6.07) is 67.3. The highest BCUT2D eigenvalue weighted by Crippen LogP contribution is 2.48. The van der Waals surface area contributed by atoms with E-state index >= 15 is 0 Å². The largest absolute Gasteiger partial charge is 0.310 e. The smallest absolute Gasteiger partial charge is 0.0619 e. The number of thiophene rings is 2. The normalized spacial score (nSPS) is 12.1. The van der Waals surface area contributed by atoms with E-state index in [0.29, 0.717) is 0 Å². The summed E-state index contributed by atoms with van der Waals surface area (Å²) in [6.45, 7) is 0. The van der Waals surface area contributed by atoms with Crippen molar-refractivity contribution in [3.8, 4) is 5.69 Å². The van der Waals surface area contributed by atoms with Gasteiger partial charge >= 0.3 is 0 Å². The molecule has 0 unspecified atom stereocenters. The number of anilines is 3. The fourth-order valence-electron chi connectivity index (χ4n) is 8.71. The highest BCUT2D eigenvalue weighted by atomic mass is 32.1. The first kappa shape index (κ1) is 30.0. The second-order valence-electron chi connectivity index (χ2n) is 14.1. The van der Waals surface area contributed by atoms with Gasteiger partial charge in [0.15, 0.2) is 0 Å². The predicted molar refractivity (Wildman–Crippen MR) is 236 cm³/mol. The summed E-state index contributed by atoms with van der Waals surface area (Å²) in [5.74, 6) is 0. The Morgan fingerprint density at radius 2 is 1.02 bits per heavy atom. The van der Waals surface area contributed by atoms with Crippen LogP contribution < -0.4 is 4.90 Å². The molecule has 3 heterocycles. The molecular weight excluding hydrogens is 693 g/mol. The van der Waals surface area contributed by atoms with Gasteiger partial charge in [0.05, 0.1) is 16.7 Å². The Bertz CT molecular complexity index is 3460. The molecule has 0 bridgehead atoms. The van der Waals surface area contributed by atoms with Crippen molar-refractivity contribution in [2.45, 2.75) is 0 Å². The summed E-state index contributed by atoms with van der Waals surface area (Å²) in [6.07, 6.45) is 0. The monoisotopic (exact) mass is 722 g/mol. The van der Waals surface area contributed by atoms with Crippen molar-refractivity contribution < 1.29 is 0 Å². The van der Waals surface area contributed by atoms with Crippen LogP contribution in [0, 0.1) is 0 Å². The van der Waals surface area contributed by atoms with E-state index in [1.165, 1.54) is 89.4 Å². The van der Waals surface area contributed by atoms with Crippen molar-refractivity contribution in [2.24, 2.45) is 0 Å². The molecular formula is C50H30N2S2. The molecule has 0 saturated carbocycles. The summed E-state index contributed by atoms with van der Waals surface area (Å²) in [4.78, 5) is 2.50. The van der Waals surface area contributed by atoms with Gasteiger partial charge in [-0.1, -0.05) is 109 Å². The van der Waals surface area contributed by atoms with Gasteiger partial charge in [-0.2, -0.15) is 0 Å². The topological polar surface area (TPSA) is 8.17 Å². The summed E-state index contributed by atoms with van der Waals surface area (Å²) in [5.41, 5.74) is 7.07. The number of aromatic nitrogens is 1. The number of rotatable bonds is 4. The molecule has 0 N–H and O–H groups in total. The molecule has 0 radical (unpaired) electrons. The molecule has 0 saturated heterocycles. The van der Waals surface area contributed by atoms with E-state index in [-0.39, 0.29) is 0 Å². The molecule has 9 aromatic carbocycles. The lowest BCUT2D eigenvalue weighted by molar-refractivity contribution is 1.18. The van der Waals surface area contributed by atoms with Gasteiger partial charge in [-0.05, 0) is 89.0 Å². The van der Waals surface area contributed by atoms with E-state index in [2.05, 4.69) is 191 Å². The van der Waals surface area contributed by atoms with Gasteiger partial charge in [0.2, 0.25) is 0 Å². The van der Waals surface area contributed by atoms with Gasteiger partial charge in [0.1, 0.15) is 0 Å². The zero-order valence-corrected chi connectivity index (χ0v) is 30.7. The van der Waals surface area contributed by atoms with E-state index in [1.54, 1.807) is 0 Å². The molecule has 0 fully saturated rings. The molecule has 54 heavy (non-hydrogen) atoms. The van der Waals surface area contributed by atoms with Gasteiger partial charge in [0.25, 0.3) is 0 Å². The Kier molecular flexibility index (Phi) is 6.41. The Labute approximate surface area is 319 Å². The van der Waals surface area contributed by atoms with E-state index in [9.17, 15) is 0 Å². The van der Waals surface area contributed by atoms with E-state index in [4.69, 9.17) is 0 Å². The van der Waals surface area contributed by atoms with Gasteiger partial charge in [-0.15, -0.1) is 22.7 Å². The molecule has 0 aliphatic rings. The number of hydrogen-bond donors (Lipinski definition) is 0. The Morgan fingerprint density at radius 3 is 1.91 bits per heavy atom. The summed E-state index contributed by atoms with van der Waals surface area (Å²) < 4.78 is 7.66. The Hall–Kier alpha value is -6.46. The molecule has 12 rings (SSSR count). The minimum Gasteiger partial charge on any atom is -0.310 e. The lowest BCUT2D eigenvalue weighted by atomic mass is 10.0. The van der Waals surface area contributed by atoms with Gasteiger partial charge < -0.3 is 9.47 Å². The zero-order chi connectivity index (χ0) is 35.3. The quantitative estimate of drug-likeness (QED) is 0.176. The highest BCUT2D eigenvalue weighted by molar-refractivity contribution is 7.26. The first-order valence-electron chi connectivity index (χ1n) is 18.3. The maximum absolute atomic E-state index is 2.50. The molecule has 252 valence electrons. The van der Waals surface area contributed by atoms with E-state index < -0.39 is 0 Å². The van der Waals surface area contributed by atoms with Crippen molar-refractivity contribution >= 4 is 123 Å². The maximum atomic E-state index is 2.50. The van der Waals surface area contributed by atoms with Crippen LogP contribution in [-0.4, -0.2) is 4.57 Å². The molecule has 0 aliphatic carbocycles. The molecule has 0 amide bonds. The van der Waals surface area contributed by atoms with Crippen LogP contribution in [0.25, 0.3) is 89.4 Å². The van der Waals surface area contributed by atoms with Crippen LogP contribution in [0.1, 0.15) is 0 Å². The van der Waals surface area contributed by atoms with E-state index in [1.807, 2.05) is 22.7 Å². The van der Waals surface area contributed by atoms with Crippen LogP contribution >= 0.6 is 22.7 Å². The van der Waals surface area contributed by atoms with Gasteiger partial charge in [-0.3, -0.25) is 0 Å². The molecule has 4 heteroatoms. The van der Waals surface area contributed by atoms with Crippen molar-refractivity contribution in [2.75, 3.05) is 4.90 Å². The molecule has 12 aromatic rings. The fourth-order valence-corrected chi connectivity index (χ4v) is 11.0. The third kappa shape index (κ3) is 4.38. The average molecular weight is 723 g/mol. The molecule has 0 atom stereocenters. The van der Waals surface area contributed by atoms with Gasteiger partial charge in [0, 0.05) is 73.6 Å². The Morgan fingerprint density at radius 1 is 0.370 bits per heavy atom. The lowest BCUT2D eigenvalue weighted by Crippen LogP contribution is -2.10. The SMILES string of the molecule is c1ccc(-n2c3ccc(N(c4ccc5c(c4)sc4ccccc45)c4cccc5sc6cc7ccccc7cc6c45)cc3c3ccc4ccccc4c32)cc1. The number of nitrogens with zero attached hydrogens (tertiary/aromatic N) is 2. The lowest BCUT2D eigenvalue weighted by Gasteiger charge is -2.27. The first-order chi connectivity index (χ1) is 26.8. The summed E-state index contributed by atoms with van der Waals surface area (Å²) in [7, 11) is 0. The maximum Gasteiger partial charge on any atom is 0.0619 e. The minimum absolute atomic E-state index is 1.14. The zero-order valence-electron chi connectivity index (χ0n) is 29.0. The standard InChI is InChI=1S/C50H30N2S2/c1-2-14-34(15-3-1)52-43-26-23-35(29-41(43)40-24-21-31-11-6-7-16-37(31)50(40)52)51(36-22-25-39-38-17-8-9-19-45(38)53-48(39)30-36)44-18-10-20-46-49(44)42-27-32-12-4-5-13-33(32)28-47(42)54-46/h1-30H. The third-order valence-electron chi connectivity index (χ3n) is 11.1. The number of hydrogen-bond acceptors (Lipinski definition) is 3. The molecule has 0 spiro atoms. The minimum atomic E-state index is 1.14. The first-order valence-corrected chi connectivity index (χ1v) is 20.0. The van der Waals surface area contributed by atoms with Crippen molar-refractivity contribution in [1.82, 2.24) is 4.57 Å². The molecule has 3 aromatic heterocycles. The number of benzene rings is 9. The Balaban J connectivity index is 1.17. The third-order valence-corrected chi connectivity index (χ3v) is 13.4. The molecule has 0 aliphatic heterocycles. The number of para-hydroxylation sites is 1. The highest BCUT2D eigenvalue weighted by Gasteiger charge is 2.22. The van der Waals surface area contributed by atoms with Crippen molar-refractivity contribution in [1.29, 1.82) is 0 Å². The second-order valence-corrected chi connectivity index (χ2v) is 16.3.